The van der Waals surface area contributed by atoms with Gasteiger partial charge < -0.3 is 36.1 Å². The number of para-hydroxylation sites is 2. The molecular formula is C28H44N4O4S2. The highest BCUT2D eigenvalue weighted by atomic mass is 32.1. The zero-order valence-electron chi connectivity index (χ0n) is 23.4. The molecule has 0 aromatic heterocycles. The van der Waals surface area contributed by atoms with Crippen molar-refractivity contribution in [3.8, 4) is 11.5 Å². The molecule has 6 N–H and O–H groups in total. The van der Waals surface area contributed by atoms with Crippen LogP contribution in [0.25, 0.3) is 0 Å². The summed E-state index contributed by atoms with van der Waals surface area (Å²) in [5.74, 6) is 1.68. The van der Waals surface area contributed by atoms with Gasteiger partial charge in [0, 0.05) is 48.3 Å². The summed E-state index contributed by atoms with van der Waals surface area (Å²) in [6, 6.07) is 15.5. The molecule has 38 heavy (non-hydrogen) atoms. The van der Waals surface area contributed by atoms with E-state index >= 15 is 0 Å². The molecule has 0 saturated carbocycles. The molecule has 8 nitrogen and oxygen atoms in total. The number of thiocarbonyl (C=S) groups is 2. The summed E-state index contributed by atoms with van der Waals surface area (Å²) in [4.78, 5) is 3.84. The third-order valence-electron chi connectivity index (χ3n) is 5.27. The summed E-state index contributed by atoms with van der Waals surface area (Å²) >= 11 is 9.68. The molecule has 2 aromatic rings. The van der Waals surface area contributed by atoms with Gasteiger partial charge in [-0.3, -0.25) is 0 Å². The van der Waals surface area contributed by atoms with Crippen LogP contribution in [0.2, 0.25) is 0 Å². The molecule has 0 aliphatic carbocycles. The average Bonchev–Trinajstić information content (AvgIpc) is 2.94. The van der Waals surface area contributed by atoms with E-state index in [4.69, 9.17) is 37.6 Å². The number of aliphatic hydroxyl groups excluding tert-OH is 2. The zero-order valence-corrected chi connectivity index (χ0v) is 25.0. The summed E-state index contributed by atoms with van der Waals surface area (Å²) in [5.41, 5.74) is 7.07. The molecule has 0 amide bonds. The Morgan fingerprint density at radius 1 is 0.895 bits per heavy atom. The van der Waals surface area contributed by atoms with Crippen molar-refractivity contribution in [2.45, 2.75) is 40.8 Å². The number of nitrogens with one attached hydrogen (secondary N) is 2. The number of aliphatic hydroxyl groups is 2. The van der Waals surface area contributed by atoms with Crippen molar-refractivity contribution in [3.63, 3.8) is 0 Å². The van der Waals surface area contributed by atoms with Crippen LogP contribution < -0.4 is 25.8 Å². The predicted octanol–water partition coefficient (Wildman–Crippen LogP) is 3.94. The number of nitrogens with two attached hydrogens (primary N) is 1. The van der Waals surface area contributed by atoms with Gasteiger partial charge in [0.15, 0.2) is 5.11 Å². The number of hydrogen-bond acceptors (Lipinski definition) is 8. The van der Waals surface area contributed by atoms with Crippen LogP contribution in [0, 0.1) is 10.8 Å². The smallest absolute Gasteiger partial charge is 0.166 e. The van der Waals surface area contributed by atoms with Crippen LogP contribution >= 0.6 is 24.4 Å². The number of benzene rings is 2. The highest BCUT2D eigenvalue weighted by Crippen LogP contribution is 2.18. The van der Waals surface area contributed by atoms with E-state index in [1.807, 2.05) is 76.2 Å². The molecule has 0 heterocycles. The first-order valence-corrected chi connectivity index (χ1v) is 13.0. The Morgan fingerprint density at radius 3 is 1.84 bits per heavy atom. The van der Waals surface area contributed by atoms with E-state index in [1.54, 1.807) is 14.2 Å². The topological polar surface area (TPSA) is 121 Å². The van der Waals surface area contributed by atoms with E-state index in [0.717, 1.165) is 22.6 Å². The Hall–Kier alpha value is -2.59. The lowest BCUT2D eigenvalue weighted by Gasteiger charge is -2.23. The van der Waals surface area contributed by atoms with Crippen LogP contribution in [0.4, 0.5) is 0 Å². The minimum atomic E-state index is -0.184. The van der Waals surface area contributed by atoms with Gasteiger partial charge in [0.05, 0.1) is 25.9 Å². The fraction of sp³-hybridized carbons (Fsp3) is 0.500. The van der Waals surface area contributed by atoms with Crippen LogP contribution in [-0.2, 0) is 13.1 Å². The molecule has 0 saturated heterocycles. The third-order valence-corrected chi connectivity index (χ3v) is 5.69. The standard InChI is InChI=1S/C14H22N2O2S.C9H9NOS.C5H13NO/c1-14(2,10-17)9-16-13(19)15-8-11-6-4-5-7-12(11)18-3;1-11-9-5-3-2-4-8(9)6-10-7-12;1-5(2,3-6)4-7/h4-7,17H,8-10H2,1-3H3,(H2,15,16,19);2-5H,6H2,1H3;7H,3-4,6H2,1-2H3. The van der Waals surface area contributed by atoms with Crippen molar-refractivity contribution >= 4 is 34.7 Å². The number of rotatable bonds is 11. The van der Waals surface area contributed by atoms with Gasteiger partial charge in [0.25, 0.3) is 0 Å². The first-order chi connectivity index (χ1) is 18.0. The largest absolute Gasteiger partial charge is 0.496 e. The first kappa shape index (κ1) is 35.4. The number of ether oxygens (including phenoxy) is 2. The van der Waals surface area contributed by atoms with E-state index in [9.17, 15) is 0 Å². The summed E-state index contributed by atoms with van der Waals surface area (Å²) in [5, 5.41) is 26.8. The molecule has 0 atom stereocenters. The minimum Gasteiger partial charge on any atom is -0.496 e. The molecular weight excluding hydrogens is 520 g/mol. The fourth-order valence-corrected chi connectivity index (χ4v) is 2.69. The second kappa shape index (κ2) is 19.5. The van der Waals surface area contributed by atoms with E-state index in [2.05, 4.69) is 33.0 Å². The van der Waals surface area contributed by atoms with Crippen LogP contribution in [0.1, 0.15) is 38.8 Å². The molecule has 2 rings (SSSR count). The first-order valence-electron chi connectivity index (χ1n) is 12.2. The normalized spacial score (nSPS) is 10.4. The van der Waals surface area contributed by atoms with Gasteiger partial charge in [-0.25, -0.2) is 4.99 Å². The van der Waals surface area contributed by atoms with Gasteiger partial charge in [-0.15, -0.1) is 0 Å². The lowest BCUT2D eigenvalue weighted by molar-refractivity contribution is 0.162. The molecule has 0 aliphatic heterocycles. The van der Waals surface area contributed by atoms with Crippen molar-refractivity contribution in [1.82, 2.24) is 10.6 Å². The van der Waals surface area contributed by atoms with Gasteiger partial charge in [-0.2, -0.15) is 0 Å². The van der Waals surface area contributed by atoms with Crippen LogP contribution in [0.3, 0.4) is 0 Å². The third kappa shape index (κ3) is 15.6. The van der Waals surface area contributed by atoms with E-state index in [-0.39, 0.29) is 24.0 Å². The van der Waals surface area contributed by atoms with E-state index in [0.29, 0.717) is 31.3 Å². The quantitative estimate of drug-likeness (QED) is 0.204. The van der Waals surface area contributed by atoms with Gasteiger partial charge in [0.2, 0.25) is 0 Å². The van der Waals surface area contributed by atoms with Crippen LogP contribution in [-0.4, -0.2) is 61.0 Å². The number of nitrogens with zero attached hydrogens (tertiary/aromatic N) is 1. The van der Waals surface area contributed by atoms with Gasteiger partial charge in [-0.1, -0.05) is 64.1 Å². The lowest BCUT2D eigenvalue weighted by Crippen LogP contribution is -2.41. The van der Waals surface area contributed by atoms with Crippen LogP contribution in [0.5, 0.6) is 11.5 Å². The second-order valence-electron chi connectivity index (χ2n) is 9.92. The molecule has 0 spiro atoms. The van der Waals surface area contributed by atoms with E-state index < -0.39 is 0 Å². The average molecular weight is 565 g/mol. The van der Waals surface area contributed by atoms with Crippen molar-refractivity contribution in [2.75, 3.05) is 40.5 Å². The monoisotopic (exact) mass is 564 g/mol. The SMILES string of the molecule is CC(C)(CN)CO.COc1ccccc1CN=C=S.COc1ccccc1CNC(=S)NCC(C)(C)CO. The number of isothiocyanates is 1. The maximum atomic E-state index is 9.16. The Balaban J connectivity index is 0.000000612. The van der Waals surface area contributed by atoms with Crippen molar-refractivity contribution in [1.29, 1.82) is 0 Å². The predicted molar refractivity (Wildman–Crippen MR) is 163 cm³/mol. The van der Waals surface area contributed by atoms with Gasteiger partial charge in [-0.05, 0) is 43.1 Å². The minimum absolute atomic E-state index is 0.0833. The molecule has 0 radical (unpaired) electrons. The summed E-state index contributed by atoms with van der Waals surface area (Å²) in [6.45, 7) is 10.4. The molecule has 212 valence electrons. The fourth-order valence-electron chi connectivity index (χ4n) is 2.48. The Morgan fingerprint density at radius 2 is 1.39 bits per heavy atom. The maximum absolute atomic E-state index is 9.16. The summed E-state index contributed by atoms with van der Waals surface area (Å²) < 4.78 is 10.4. The molecule has 0 bridgehead atoms. The Bertz CT molecular complexity index is 990. The second-order valence-corrected chi connectivity index (χ2v) is 10.5. The molecule has 0 aliphatic rings. The van der Waals surface area contributed by atoms with Crippen molar-refractivity contribution < 1.29 is 19.7 Å². The highest BCUT2D eigenvalue weighted by molar-refractivity contribution is 7.80. The summed E-state index contributed by atoms with van der Waals surface area (Å²) in [6.07, 6.45) is 0. The maximum Gasteiger partial charge on any atom is 0.166 e. The Kier molecular flexibility index (Phi) is 18.1. The number of methoxy groups -OCH3 is 2. The molecule has 10 heteroatoms. The van der Waals surface area contributed by atoms with Gasteiger partial charge >= 0.3 is 0 Å². The molecule has 2 aromatic carbocycles. The molecule has 0 fully saturated rings. The number of hydrogen-bond donors (Lipinski definition) is 5. The lowest BCUT2D eigenvalue weighted by atomic mass is 9.95. The number of aliphatic imine (C=N–C) groups is 1. The Labute approximate surface area is 238 Å². The molecule has 0 unspecified atom stereocenters. The summed E-state index contributed by atoms with van der Waals surface area (Å²) in [7, 11) is 3.29. The van der Waals surface area contributed by atoms with Gasteiger partial charge in [0.1, 0.15) is 11.5 Å². The van der Waals surface area contributed by atoms with E-state index in [1.165, 1.54) is 0 Å². The highest BCUT2D eigenvalue weighted by Gasteiger charge is 2.16. The van der Waals surface area contributed by atoms with Crippen molar-refractivity contribution in [2.24, 2.45) is 21.6 Å². The van der Waals surface area contributed by atoms with Crippen LogP contribution in [0.15, 0.2) is 53.5 Å². The van der Waals surface area contributed by atoms with Crippen molar-refractivity contribution in [3.05, 3.63) is 59.7 Å². The zero-order chi connectivity index (χ0) is 29.0.